The lowest BCUT2D eigenvalue weighted by Crippen LogP contribution is -2.33. The molecule has 1 atom stereocenters. The minimum Gasteiger partial charge on any atom is -0.376 e. The number of carbonyl (C=O) groups excluding carboxylic acids is 1. The Labute approximate surface area is 206 Å². The Morgan fingerprint density at radius 3 is 2.76 bits per heavy atom. The Kier molecular flexibility index (Phi) is 6.80. The summed E-state index contributed by atoms with van der Waals surface area (Å²) in [5, 5.41) is 6.05. The van der Waals surface area contributed by atoms with Crippen molar-refractivity contribution in [3.05, 3.63) is 75.9 Å². The number of rotatable bonds is 7. The average Bonchev–Trinajstić information content (AvgIpc) is 3.53. The number of nitrogens with zero attached hydrogens (tertiary/aromatic N) is 2. The highest BCUT2D eigenvalue weighted by molar-refractivity contribution is 7.99. The quantitative estimate of drug-likeness (QED) is 0.297. The number of hydrogen-bond acceptors (Lipinski definition) is 6. The van der Waals surface area contributed by atoms with E-state index in [4.69, 9.17) is 9.72 Å². The van der Waals surface area contributed by atoms with E-state index >= 15 is 0 Å². The van der Waals surface area contributed by atoms with Crippen molar-refractivity contribution in [3.63, 3.8) is 0 Å². The molecule has 2 aromatic heterocycles. The fourth-order valence-electron chi connectivity index (χ4n) is 4.14. The van der Waals surface area contributed by atoms with E-state index in [1.807, 2.05) is 66.9 Å². The first kappa shape index (κ1) is 22.8. The van der Waals surface area contributed by atoms with Crippen molar-refractivity contribution in [1.29, 1.82) is 0 Å². The first-order chi connectivity index (χ1) is 16.6. The summed E-state index contributed by atoms with van der Waals surface area (Å²) in [6, 6.07) is 17.6. The summed E-state index contributed by atoms with van der Waals surface area (Å²) in [7, 11) is 0. The number of aryl methyl sites for hydroxylation is 1. The highest BCUT2D eigenvalue weighted by Crippen LogP contribution is 2.33. The smallest absolute Gasteiger partial charge is 0.268 e. The number of thioether (sulfide) groups is 1. The van der Waals surface area contributed by atoms with Crippen LogP contribution in [-0.4, -0.2) is 40.5 Å². The molecule has 2 aromatic carbocycles. The van der Waals surface area contributed by atoms with Gasteiger partial charge in [0.05, 0.1) is 22.9 Å². The lowest BCUT2D eigenvalue weighted by molar-refractivity contribution is -0.119. The number of thiophene rings is 1. The molecule has 6 nitrogen and oxygen atoms in total. The van der Waals surface area contributed by atoms with Crippen molar-refractivity contribution in [3.8, 4) is 16.8 Å². The van der Waals surface area contributed by atoms with Gasteiger partial charge in [0.15, 0.2) is 5.16 Å². The van der Waals surface area contributed by atoms with Crippen molar-refractivity contribution in [2.75, 3.05) is 18.9 Å². The number of para-hydroxylation sites is 1. The molecule has 174 valence electrons. The van der Waals surface area contributed by atoms with Gasteiger partial charge in [-0.2, -0.15) is 0 Å². The maximum Gasteiger partial charge on any atom is 0.268 e. The molecular weight excluding hydrogens is 466 g/mol. The second kappa shape index (κ2) is 10.1. The summed E-state index contributed by atoms with van der Waals surface area (Å²) < 4.78 is 7.23. The van der Waals surface area contributed by atoms with E-state index in [9.17, 15) is 9.59 Å². The third-order valence-electron chi connectivity index (χ3n) is 5.90. The second-order valence-electron chi connectivity index (χ2n) is 8.24. The molecule has 0 saturated carbocycles. The summed E-state index contributed by atoms with van der Waals surface area (Å²) in [5.41, 5.74) is 3.48. The minimum atomic E-state index is -0.123. The molecule has 0 aliphatic carbocycles. The number of fused-ring (bicyclic) bond motifs is 1. The minimum absolute atomic E-state index is 0.0936. The van der Waals surface area contributed by atoms with Crippen molar-refractivity contribution in [1.82, 2.24) is 14.9 Å². The van der Waals surface area contributed by atoms with Gasteiger partial charge >= 0.3 is 0 Å². The van der Waals surface area contributed by atoms with Crippen LogP contribution < -0.4 is 10.9 Å². The van der Waals surface area contributed by atoms with Gasteiger partial charge in [-0.3, -0.25) is 14.2 Å². The lowest BCUT2D eigenvalue weighted by Gasteiger charge is -2.15. The monoisotopic (exact) mass is 491 g/mol. The zero-order chi connectivity index (χ0) is 23.5. The molecule has 5 rings (SSSR count). The van der Waals surface area contributed by atoms with Crippen LogP contribution >= 0.6 is 23.1 Å². The summed E-state index contributed by atoms with van der Waals surface area (Å²) >= 11 is 2.73. The van der Waals surface area contributed by atoms with Crippen LogP contribution in [-0.2, 0) is 9.53 Å². The first-order valence-corrected chi connectivity index (χ1v) is 13.1. The van der Waals surface area contributed by atoms with Crippen LogP contribution in [0.15, 0.2) is 69.9 Å². The third kappa shape index (κ3) is 4.66. The second-order valence-corrected chi connectivity index (χ2v) is 10.0. The summed E-state index contributed by atoms with van der Waals surface area (Å²) in [6.07, 6.45) is 2.10. The highest BCUT2D eigenvalue weighted by Gasteiger charge is 2.21. The van der Waals surface area contributed by atoms with E-state index in [2.05, 4.69) is 5.32 Å². The van der Waals surface area contributed by atoms with Crippen LogP contribution in [0.4, 0.5) is 0 Å². The standard InChI is InChI=1S/C26H25N3O3S2/c1-17-8-5-6-12-21(17)29-25(31)23-20(18-9-3-2-4-10-18)15-33-24(23)28-26(29)34-16-22(30)27-14-19-11-7-13-32-19/h2-6,8-10,12,15,19H,7,11,13-14,16H2,1H3,(H,27,30). The van der Waals surface area contributed by atoms with E-state index in [-0.39, 0.29) is 23.3 Å². The van der Waals surface area contributed by atoms with E-state index < -0.39 is 0 Å². The largest absolute Gasteiger partial charge is 0.376 e. The van der Waals surface area contributed by atoms with Gasteiger partial charge in [-0.1, -0.05) is 60.3 Å². The topological polar surface area (TPSA) is 73.2 Å². The van der Waals surface area contributed by atoms with Crippen LogP contribution in [0.1, 0.15) is 18.4 Å². The molecule has 4 aromatic rings. The normalized spacial score (nSPS) is 15.6. The maximum absolute atomic E-state index is 13.9. The molecule has 1 amide bonds. The van der Waals surface area contributed by atoms with Gasteiger partial charge in [-0.05, 0) is 37.0 Å². The van der Waals surface area contributed by atoms with Crippen LogP contribution in [0.2, 0.25) is 0 Å². The fraction of sp³-hybridized carbons (Fsp3) is 0.269. The van der Waals surface area contributed by atoms with Crippen molar-refractivity contribution in [2.24, 2.45) is 0 Å². The Morgan fingerprint density at radius 1 is 1.21 bits per heavy atom. The van der Waals surface area contributed by atoms with Crippen LogP contribution in [0.5, 0.6) is 0 Å². The van der Waals surface area contributed by atoms with E-state index in [1.54, 1.807) is 4.57 Å². The third-order valence-corrected chi connectivity index (χ3v) is 7.71. The number of nitrogens with one attached hydrogen (secondary N) is 1. The Balaban J connectivity index is 1.52. The molecular formula is C26H25N3O3S2. The van der Waals surface area contributed by atoms with Gasteiger partial charge in [0.2, 0.25) is 5.91 Å². The predicted molar refractivity (Wildman–Crippen MR) is 138 cm³/mol. The summed E-state index contributed by atoms with van der Waals surface area (Å²) in [5.74, 6) is 0.0790. The Bertz CT molecular complexity index is 1380. The SMILES string of the molecule is Cc1ccccc1-n1c(SCC(=O)NCC2CCCO2)nc2scc(-c3ccccc3)c2c1=O. The van der Waals surface area contributed by atoms with Crippen LogP contribution in [0, 0.1) is 6.92 Å². The molecule has 1 aliphatic rings. The zero-order valence-electron chi connectivity index (χ0n) is 18.8. The molecule has 8 heteroatoms. The Morgan fingerprint density at radius 2 is 2.00 bits per heavy atom. The number of amides is 1. The first-order valence-electron chi connectivity index (χ1n) is 11.3. The molecule has 0 bridgehead atoms. The van der Waals surface area contributed by atoms with E-state index in [0.29, 0.717) is 21.9 Å². The van der Waals surface area contributed by atoms with Crippen molar-refractivity contribution < 1.29 is 9.53 Å². The van der Waals surface area contributed by atoms with Crippen LogP contribution in [0.3, 0.4) is 0 Å². The summed E-state index contributed by atoms with van der Waals surface area (Å²) in [4.78, 5) is 32.0. The van der Waals surface area contributed by atoms with Crippen molar-refractivity contribution >= 4 is 39.2 Å². The van der Waals surface area contributed by atoms with E-state index in [1.165, 1.54) is 23.1 Å². The van der Waals surface area contributed by atoms with Crippen LogP contribution in [0.25, 0.3) is 27.0 Å². The van der Waals surface area contributed by atoms with E-state index in [0.717, 1.165) is 41.8 Å². The summed E-state index contributed by atoms with van der Waals surface area (Å²) in [6.45, 7) is 3.25. The van der Waals surface area contributed by atoms with Gasteiger partial charge in [0.1, 0.15) is 4.83 Å². The molecule has 34 heavy (non-hydrogen) atoms. The highest BCUT2D eigenvalue weighted by atomic mass is 32.2. The molecule has 1 N–H and O–H groups in total. The van der Waals surface area contributed by atoms with Gasteiger partial charge in [-0.15, -0.1) is 11.3 Å². The molecule has 1 aliphatic heterocycles. The molecule has 0 radical (unpaired) electrons. The van der Waals surface area contributed by atoms with Gasteiger partial charge < -0.3 is 10.1 Å². The van der Waals surface area contributed by atoms with Crippen molar-refractivity contribution in [2.45, 2.75) is 31.0 Å². The molecule has 1 saturated heterocycles. The van der Waals surface area contributed by atoms with Gasteiger partial charge in [0.25, 0.3) is 5.56 Å². The number of benzene rings is 2. The Hall–Kier alpha value is -2.94. The predicted octanol–water partition coefficient (Wildman–Crippen LogP) is 4.81. The lowest BCUT2D eigenvalue weighted by atomic mass is 10.1. The number of ether oxygens (including phenoxy) is 1. The number of carbonyl (C=O) groups is 1. The maximum atomic E-state index is 13.9. The molecule has 1 unspecified atom stereocenters. The zero-order valence-corrected chi connectivity index (χ0v) is 20.5. The molecule has 3 heterocycles. The molecule has 0 spiro atoms. The van der Waals surface area contributed by atoms with Gasteiger partial charge in [0, 0.05) is 24.1 Å². The number of aromatic nitrogens is 2. The number of hydrogen-bond donors (Lipinski definition) is 1. The molecule has 1 fully saturated rings. The fourth-order valence-corrected chi connectivity index (χ4v) is 5.96. The van der Waals surface area contributed by atoms with Gasteiger partial charge in [-0.25, -0.2) is 4.98 Å². The average molecular weight is 492 g/mol.